The van der Waals surface area contributed by atoms with Gasteiger partial charge in [-0.1, -0.05) is 19.3 Å². The predicted octanol–water partition coefficient (Wildman–Crippen LogP) is 1.76. The minimum absolute atomic E-state index is 0.198. The number of nitrogens with zero attached hydrogens (tertiary/aromatic N) is 2. The lowest BCUT2D eigenvalue weighted by atomic mass is 10.0. The summed E-state index contributed by atoms with van der Waals surface area (Å²) in [7, 11) is 1.93. The molecule has 2 rings (SSSR count). The van der Waals surface area contributed by atoms with Gasteiger partial charge in [-0.3, -0.25) is 4.68 Å². The Morgan fingerprint density at radius 3 is 2.88 bits per heavy atom. The van der Waals surface area contributed by atoms with E-state index in [9.17, 15) is 5.11 Å². The first kappa shape index (κ1) is 12.6. The molecule has 1 fully saturated rings. The second kappa shape index (κ2) is 5.65. The molecule has 4 nitrogen and oxygen atoms in total. The van der Waals surface area contributed by atoms with Gasteiger partial charge >= 0.3 is 0 Å². The molecule has 1 aromatic heterocycles. The molecule has 96 valence electrons. The van der Waals surface area contributed by atoms with Crippen LogP contribution in [-0.4, -0.2) is 27.0 Å². The second-order valence-electron chi connectivity index (χ2n) is 5.15. The zero-order valence-corrected chi connectivity index (χ0v) is 10.8. The van der Waals surface area contributed by atoms with Crippen LogP contribution in [0.1, 0.15) is 50.6 Å². The van der Waals surface area contributed by atoms with Gasteiger partial charge in [0.25, 0.3) is 0 Å². The molecule has 1 aliphatic rings. The lowest BCUT2D eigenvalue weighted by Crippen LogP contribution is -2.40. The SMILES string of the molecule is CC(NC1CCCCCC1O)c1cnn(C)c1. The first-order valence-corrected chi connectivity index (χ1v) is 6.59. The van der Waals surface area contributed by atoms with E-state index >= 15 is 0 Å². The van der Waals surface area contributed by atoms with Crippen LogP contribution in [0.15, 0.2) is 12.4 Å². The first-order chi connectivity index (χ1) is 8.16. The molecular weight excluding hydrogens is 214 g/mol. The maximum atomic E-state index is 10.1. The quantitative estimate of drug-likeness (QED) is 0.788. The lowest BCUT2D eigenvalue weighted by molar-refractivity contribution is 0.115. The van der Waals surface area contributed by atoms with E-state index < -0.39 is 0 Å². The van der Waals surface area contributed by atoms with Gasteiger partial charge in [-0.2, -0.15) is 5.10 Å². The van der Waals surface area contributed by atoms with Gasteiger partial charge in [0.05, 0.1) is 12.3 Å². The van der Waals surface area contributed by atoms with E-state index in [2.05, 4.69) is 17.3 Å². The van der Waals surface area contributed by atoms with Crippen LogP contribution < -0.4 is 5.32 Å². The molecule has 4 heteroatoms. The van der Waals surface area contributed by atoms with Gasteiger partial charge in [0.2, 0.25) is 0 Å². The van der Waals surface area contributed by atoms with Crippen molar-refractivity contribution in [3.63, 3.8) is 0 Å². The van der Waals surface area contributed by atoms with Crippen LogP contribution in [0.5, 0.6) is 0 Å². The topological polar surface area (TPSA) is 50.1 Å². The first-order valence-electron chi connectivity index (χ1n) is 6.59. The Hall–Kier alpha value is -0.870. The molecule has 0 radical (unpaired) electrons. The summed E-state index contributed by atoms with van der Waals surface area (Å²) in [5.74, 6) is 0. The van der Waals surface area contributed by atoms with Gasteiger partial charge < -0.3 is 10.4 Å². The van der Waals surface area contributed by atoms with E-state index in [1.54, 1.807) is 0 Å². The standard InChI is InChI=1S/C13H23N3O/c1-10(11-8-14-16(2)9-11)15-12-6-4-3-5-7-13(12)17/h8-10,12-13,15,17H,3-7H2,1-2H3. The molecule has 0 saturated heterocycles. The molecule has 1 saturated carbocycles. The zero-order valence-electron chi connectivity index (χ0n) is 10.8. The Bertz CT molecular complexity index is 350. The van der Waals surface area contributed by atoms with Gasteiger partial charge in [-0.25, -0.2) is 0 Å². The summed E-state index contributed by atoms with van der Waals surface area (Å²) in [5, 5.41) is 17.8. The van der Waals surface area contributed by atoms with Gasteiger partial charge in [-0.05, 0) is 19.8 Å². The predicted molar refractivity (Wildman–Crippen MR) is 67.6 cm³/mol. The third kappa shape index (κ3) is 3.30. The van der Waals surface area contributed by atoms with Crippen molar-refractivity contribution in [2.45, 2.75) is 57.2 Å². The molecule has 1 heterocycles. The fourth-order valence-corrected chi connectivity index (χ4v) is 2.56. The van der Waals surface area contributed by atoms with Crippen molar-refractivity contribution in [1.29, 1.82) is 0 Å². The van der Waals surface area contributed by atoms with Crippen LogP contribution in [0.2, 0.25) is 0 Å². The normalized spacial score (nSPS) is 27.7. The fourth-order valence-electron chi connectivity index (χ4n) is 2.56. The van der Waals surface area contributed by atoms with E-state index in [4.69, 9.17) is 0 Å². The van der Waals surface area contributed by atoms with Crippen LogP contribution in [0, 0.1) is 0 Å². The summed E-state index contributed by atoms with van der Waals surface area (Å²) < 4.78 is 1.82. The summed E-state index contributed by atoms with van der Waals surface area (Å²) in [6.45, 7) is 2.13. The molecule has 0 amide bonds. The second-order valence-corrected chi connectivity index (χ2v) is 5.15. The lowest BCUT2D eigenvalue weighted by Gasteiger charge is -2.25. The van der Waals surface area contributed by atoms with E-state index in [0.29, 0.717) is 0 Å². The Balaban J connectivity index is 1.94. The molecular formula is C13H23N3O. The van der Waals surface area contributed by atoms with Crippen LogP contribution in [0.25, 0.3) is 0 Å². The Morgan fingerprint density at radius 2 is 2.18 bits per heavy atom. The third-order valence-corrected chi connectivity index (χ3v) is 3.67. The Morgan fingerprint density at radius 1 is 1.41 bits per heavy atom. The molecule has 2 N–H and O–H groups in total. The molecule has 3 atom stereocenters. The highest BCUT2D eigenvalue weighted by atomic mass is 16.3. The smallest absolute Gasteiger partial charge is 0.0693 e. The molecule has 3 unspecified atom stereocenters. The number of aliphatic hydroxyl groups excluding tert-OH is 1. The highest BCUT2D eigenvalue weighted by molar-refractivity contribution is 5.09. The van der Waals surface area contributed by atoms with E-state index in [-0.39, 0.29) is 18.2 Å². The number of aromatic nitrogens is 2. The molecule has 1 aromatic rings. The molecule has 0 aromatic carbocycles. The maximum Gasteiger partial charge on any atom is 0.0693 e. The van der Waals surface area contributed by atoms with Crippen molar-refractivity contribution in [3.05, 3.63) is 18.0 Å². The average molecular weight is 237 g/mol. The summed E-state index contributed by atoms with van der Waals surface area (Å²) in [5.41, 5.74) is 1.18. The van der Waals surface area contributed by atoms with E-state index in [0.717, 1.165) is 19.3 Å². The number of aryl methyl sites for hydroxylation is 1. The summed E-state index contributed by atoms with van der Waals surface area (Å²) in [4.78, 5) is 0. The summed E-state index contributed by atoms with van der Waals surface area (Å²) in [6, 6.07) is 0.481. The van der Waals surface area contributed by atoms with Gasteiger partial charge in [-0.15, -0.1) is 0 Å². The van der Waals surface area contributed by atoms with Crippen molar-refractivity contribution in [2.24, 2.45) is 7.05 Å². The number of rotatable bonds is 3. The molecule has 0 spiro atoms. The zero-order chi connectivity index (χ0) is 12.3. The van der Waals surface area contributed by atoms with Crippen molar-refractivity contribution >= 4 is 0 Å². The van der Waals surface area contributed by atoms with Gasteiger partial charge in [0, 0.05) is 30.9 Å². The number of nitrogens with one attached hydrogen (secondary N) is 1. The van der Waals surface area contributed by atoms with Crippen molar-refractivity contribution in [2.75, 3.05) is 0 Å². The van der Waals surface area contributed by atoms with Crippen molar-refractivity contribution in [1.82, 2.24) is 15.1 Å². The monoisotopic (exact) mass is 237 g/mol. The van der Waals surface area contributed by atoms with Gasteiger partial charge in [0.1, 0.15) is 0 Å². The van der Waals surface area contributed by atoms with Crippen molar-refractivity contribution < 1.29 is 5.11 Å². The van der Waals surface area contributed by atoms with Crippen molar-refractivity contribution in [3.8, 4) is 0 Å². The van der Waals surface area contributed by atoms with E-state index in [1.807, 2.05) is 24.1 Å². The van der Waals surface area contributed by atoms with E-state index in [1.165, 1.54) is 18.4 Å². The minimum Gasteiger partial charge on any atom is -0.392 e. The fraction of sp³-hybridized carbons (Fsp3) is 0.769. The largest absolute Gasteiger partial charge is 0.392 e. The van der Waals surface area contributed by atoms with Crippen LogP contribution in [0.3, 0.4) is 0 Å². The Kier molecular flexibility index (Phi) is 4.18. The van der Waals surface area contributed by atoms with Crippen LogP contribution in [0.4, 0.5) is 0 Å². The number of hydrogen-bond donors (Lipinski definition) is 2. The Labute approximate surface area is 103 Å². The summed E-state index contributed by atoms with van der Waals surface area (Å²) in [6.07, 6.45) is 9.34. The third-order valence-electron chi connectivity index (χ3n) is 3.67. The highest BCUT2D eigenvalue weighted by Crippen LogP contribution is 2.21. The molecule has 1 aliphatic carbocycles. The highest BCUT2D eigenvalue weighted by Gasteiger charge is 2.23. The summed E-state index contributed by atoms with van der Waals surface area (Å²) >= 11 is 0. The van der Waals surface area contributed by atoms with Crippen LogP contribution >= 0.6 is 0 Å². The van der Waals surface area contributed by atoms with Gasteiger partial charge in [0.15, 0.2) is 0 Å². The van der Waals surface area contributed by atoms with Crippen LogP contribution in [-0.2, 0) is 7.05 Å². The average Bonchev–Trinajstić information content (AvgIpc) is 2.63. The number of hydrogen-bond acceptors (Lipinski definition) is 3. The minimum atomic E-state index is -0.198. The molecule has 0 aliphatic heterocycles. The molecule has 17 heavy (non-hydrogen) atoms. The number of aliphatic hydroxyl groups is 1. The molecule has 0 bridgehead atoms. The maximum absolute atomic E-state index is 10.1.